The largest absolute Gasteiger partial charge is 0.462 e. The number of carbonyl (C=O) groups excluding carboxylic acids is 2. The maximum absolute atomic E-state index is 12.1. The molecule has 1 saturated heterocycles. The SMILES string of the molecule is CCN1CC(COC(=O)c2ccc(-n3ccnc3)cc2)CC1=O. The molecule has 0 saturated carbocycles. The number of likely N-dealkylation sites (tertiary alicyclic amines) is 1. The van der Waals surface area contributed by atoms with Crippen molar-refractivity contribution >= 4 is 11.9 Å². The molecular formula is C17H19N3O3. The van der Waals surface area contributed by atoms with Gasteiger partial charge in [0.15, 0.2) is 0 Å². The number of hydrogen-bond acceptors (Lipinski definition) is 4. The van der Waals surface area contributed by atoms with Crippen molar-refractivity contribution in [3.63, 3.8) is 0 Å². The summed E-state index contributed by atoms with van der Waals surface area (Å²) in [5.74, 6) is -0.126. The first-order valence-electron chi connectivity index (χ1n) is 7.70. The lowest BCUT2D eigenvalue weighted by Gasteiger charge is -2.13. The van der Waals surface area contributed by atoms with E-state index in [0.717, 1.165) is 5.69 Å². The molecule has 1 aromatic carbocycles. The van der Waals surface area contributed by atoms with Crippen LogP contribution in [0.5, 0.6) is 0 Å². The number of imidazole rings is 1. The lowest BCUT2D eigenvalue weighted by molar-refractivity contribution is -0.127. The summed E-state index contributed by atoms with van der Waals surface area (Å²) in [6.07, 6.45) is 5.69. The molecule has 1 aliphatic rings. The lowest BCUT2D eigenvalue weighted by atomic mass is 10.1. The van der Waals surface area contributed by atoms with Crippen molar-refractivity contribution in [3.05, 3.63) is 48.5 Å². The van der Waals surface area contributed by atoms with Crippen LogP contribution in [0.3, 0.4) is 0 Å². The average Bonchev–Trinajstić information content (AvgIpc) is 3.22. The fourth-order valence-corrected chi connectivity index (χ4v) is 2.73. The minimum Gasteiger partial charge on any atom is -0.462 e. The summed E-state index contributed by atoms with van der Waals surface area (Å²) in [7, 11) is 0. The molecule has 2 heterocycles. The molecule has 1 amide bonds. The molecule has 1 atom stereocenters. The Hall–Kier alpha value is -2.63. The van der Waals surface area contributed by atoms with Crippen molar-refractivity contribution < 1.29 is 14.3 Å². The number of esters is 1. The molecule has 0 radical (unpaired) electrons. The zero-order valence-electron chi connectivity index (χ0n) is 13.0. The van der Waals surface area contributed by atoms with Gasteiger partial charge in [-0.2, -0.15) is 0 Å². The van der Waals surface area contributed by atoms with Gasteiger partial charge in [-0.15, -0.1) is 0 Å². The van der Waals surface area contributed by atoms with Crippen LogP contribution in [0.4, 0.5) is 0 Å². The second-order valence-corrected chi connectivity index (χ2v) is 5.62. The van der Waals surface area contributed by atoms with Crippen LogP contribution in [0.1, 0.15) is 23.7 Å². The minimum absolute atomic E-state index is 0.0941. The molecule has 0 spiro atoms. The highest BCUT2D eigenvalue weighted by Crippen LogP contribution is 2.18. The molecular weight excluding hydrogens is 294 g/mol. The van der Waals surface area contributed by atoms with Gasteiger partial charge in [0.05, 0.1) is 18.5 Å². The van der Waals surface area contributed by atoms with E-state index in [1.165, 1.54) is 0 Å². The van der Waals surface area contributed by atoms with Gasteiger partial charge in [0.1, 0.15) is 0 Å². The standard InChI is InChI=1S/C17H19N3O3/c1-2-19-10-13(9-16(19)21)11-23-17(22)14-3-5-15(6-4-14)20-8-7-18-12-20/h3-8,12-13H,2,9-11H2,1H3. The average molecular weight is 313 g/mol. The van der Waals surface area contributed by atoms with Crippen LogP contribution >= 0.6 is 0 Å². The first kappa shape index (κ1) is 15.3. The number of nitrogens with zero attached hydrogens (tertiary/aromatic N) is 3. The summed E-state index contributed by atoms with van der Waals surface area (Å²) in [5.41, 5.74) is 1.43. The Morgan fingerprint density at radius 3 is 2.74 bits per heavy atom. The van der Waals surface area contributed by atoms with E-state index in [2.05, 4.69) is 4.98 Å². The molecule has 120 valence electrons. The molecule has 1 aromatic heterocycles. The van der Waals surface area contributed by atoms with Gasteiger partial charge < -0.3 is 14.2 Å². The lowest BCUT2D eigenvalue weighted by Crippen LogP contribution is -2.25. The summed E-state index contributed by atoms with van der Waals surface area (Å²) in [4.78, 5) is 29.5. The normalized spacial score (nSPS) is 17.5. The smallest absolute Gasteiger partial charge is 0.338 e. The molecule has 2 aromatic rings. The highest BCUT2D eigenvalue weighted by Gasteiger charge is 2.29. The number of ether oxygens (including phenoxy) is 1. The van der Waals surface area contributed by atoms with Crippen molar-refractivity contribution in [2.24, 2.45) is 5.92 Å². The van der Waals surface area contributed by atoms with Crippen molar-refractivity contribution in [3.8, 4) is 5.69 Å². The van der Waals surface area contributed by atoms with E-state index in [4.69, 9.17) is 4.74 Å². The van der Waals surface area contributed by atoms with Gasteiger partial charge in [0, 0.05) is 43.5 Å². The zero-order valence-corrected chi connectivity index (χ0v) is 13.0. The molecule has 0 aliphatic carbocycles. The quantitative estimate of drug-likeness (QED) is 0.791. The maximum Gasteiger partial charge on any atom is 0.338 e. The number of amides is 1. The van der Waals surface area contributed by atoms with Crippen LogP contribution in [0.15, 0.2) is 43.0 Å². The van der Waals surface area contributed by atoms with Crippen LogP contribution in [-0.2, 0) is 9.53 Å². The van der Waals surface area contributed by atoms with Crippen LogP contribution in [0.2, 0.25) is 0 Å². The predicted molar refractivity (Wildman–Crippen MR) is 84.2 cm³/mol. The van der Waals surface area contributed by atoms with E-state index in [9.17, 15) is 9.59 Å². The van der Waals surface area contributed by atoms with Crippen molar-refractivity contribution in [1.82, 2.24) is 14.5 Å². The molecule has 1 unspecified atom stereocenters. The third kappa shape index (κ3) is 3.41. The Labute approximate surface area is 134 Å². The van der Waals surface area contributed by atoms with Gasteiger partial charge in [-0.25, -0.2) is 9.78 Å². The zero-order chi connectivity index (χ0) is 16.2. The van der Waals surface area contributed by atoms with Crippen LogP contribution in [0.25, 0.3) is 5.69 Å². The Morgan fingerprint density at radius 1 is 1.35 bits per heavy atom. The summed E-state index contributed by atoms with van der Waals surface area (Å²) >= 11 is 0. The topological polar surface area (TPSA) is 64.4 Å². The number of rotatable bonds is 5. The van der Waals surface area contributed by atoms with Crippen LogP contribution in [0, 0.1) is 5.92 Å². The first-order valence-corrected chi connectivity index (χ1v) is 7.70. The van der Waals surface area contributed by atoms with E-state index < -0.39 is 0 Å². The molecule has 1 fully saturated rings. The monoisotopic (exact) mass is 313 g/mol. The molecule has 6 nitrogen and oxygen atoms in total. The molecule has 23 heavy (non-hydrogen) atoms. The second kappa shape index (κ2) is 6.64. The number of aromatic nitrogens is 2. The van der Waals surface area contributed by atoms with Crippen molar-refractivity contribution in [1.29, 1.82) is 0 Å². The highest BCUT2D eigenvalue weighted by molar-refractivity contribution is 5.89. The molecule has 6 heteroatoms. The number of carbonyl (C=O) groups is 2. The maximum atomic E-state index is 12.1. The van der Waals surface area contributed by atoms with Gasteiger partial charge in [-0.1, -0.05) is 0 Å². The fraction of sp³-hybridized carbons (Fsp3) is 0.353. The summed E-state index contributed by atoms with van der Waals surface area (Å²) in [5, 5.41) is 0. The molecule has 1 aliphatic heterocycles. The Bertz CT molecular complexity index is 680. The van der Waals surface area contributed by atoms with E-state index in [1.54, 1.807) is 29.6 Å². The number of hydrogen-bond donors (Lipinski definition) is 0. The molecule has 0 N–H and O–H groups in total. The Balaban J connectivity index is 1.55. The van der Waals surface area contributed by atoms with E-state index in [0.29, 0.717) is 25.1 Å². The van der Waals surface area contributed by atoms with Gasteiger partial charge in [-0.05, 0) is 31.2 Å². The van der Waals surface area contributed by atoms with E-state index >= 15 is 0 Å². The highest BCUT2D eigenvalue weighted by atomic mass is 16.5. The van der Waals surface area contributed by atoms with Gasteiger partial charge >= 0.3 is 5.97 Å². The van der Waals surface area contributed by atoms with Crippen molar-refractivity contribution in [2.45, 2.75) is 13.3 Å². The molecule has 0 bridgehead atoms. The van der Waals surface area contributed by atoms with Gasteiger partial charge in [-0.3, -0.25) is 4.79 Å². The van der Waals surface area contributed by atoms with Gasteiger partial charge in [0.2, 0.25) is 5.91 Å². The number of benzene rings is 1. The van der Waals surface area contributed by atoms with Crippen LogP contribution in [-0.4, -0.2) is 46.0 Å². The summed E-state index contributed by atoms with van der Waals surface area (Å²) in [6, 6.07) is 7.15. The van der Waals surface area contributed by atoms with E-state index in [1.807, 2.05) is 29.8 Å². The third-order valence-electron chi connectivity index (χ3n) is 4.03. The fourth-order valence-electron chi connectivity index (χ4n) is 2.73. The minimum atomic E-state index is -0.357. The van der Waals surface area contributed by atoms with E-state index in [-0.39, 0.29) is 24.4 Å². The Morgan fingerprint density at radius 2 is 2.13 bits per heavy atom. The van der Waals surface area contributed by atoms with Crippen LogP contribution < -0.4 is 0 Å². The molecule has 3 rings (SSSR count). The second-order valence-electron chi connectivity index (χ2n) is 5.62. The Kier molecular flexibility index (Phi) is 4.41. The summed E-state index contributed by atoms with van der Waals surface area (Å²) < 4.78 is 7.21. The third-order valence-corrected chi connectivity index (χ3v) is 4.03. The first-order chi connectivity index (χ1) is 11.2. The van der Waals surface area contributed by atoms with Crippen molar-refractivity contribution in [2.75, 3.05) is 19.7 Å². The summed E-state index contributed by atoms with van der Waals surface area (Å²) in [6.45, 7) is 3.61. The predicted octanol–water partition coefficient (Wildman–Crippen LogP) is 1.90. The van der Waals surface area contributed by atoms with Gasteiger partial charge in [0.25, 0.3) is 0 Å².